The van der Waals surface area contributed by atoms with E-state index in [2.05, 4.69) is 87.0 Å². The summed E-state index contributed by atoms with van der Waals surface area (Å²) < 4.78 is 329. The van der Waals surface area contributed by atoms with Crippen LogP contribution in [0.15, 0.2) is 124 Å². The number of carbonyl (C=O) groups excluding carboxylic acids is 3. The van der Waals surface area contributed by atoms with Gasteiger partial charge in [0.1, 0.15) is 65.0 Å². The van der Waals surface area contributed by atoms with E-state index in [1.165, 1.54) is 109 Å². The fraction of sp³-hybridized carbons (Fsp3) is 0.637. The minimum absolute atomic E-state index is 0.131. The molecule has 21 rings (SSSR count). The summed E-state index contributed by atoms with van der Waals surface area (Å²) in [5.74, 6) is 8.45. The topological polar surface area (TPSA) is 297 Å². The van der Waals surface area contributed by atoms with Gasteiger partial charge in [-0.15, -0.1) is 0 Å². The van der Waals surface area contributed by atoms with E-state index in [9.17, 15) is 119 Å². The lowest BCUT2D eigenvalue weighted by Gasteiger charge is -2.55. The summed E-state index contributed by atoms with van der Waals surface area (Å²) >= 11 is 0. The molecule has 12 bridgehead atoms. The van der Waals surface area contributed by atoms with E-state index in [1.54, 1.807) is 20.3 Å². The number of ether oxygens (including phenoxy) is 8. The maximum Gasteiger partial charge on any atom is 0.432 e. The first-order valence-electron chi connectivity index (χ1n) is 44.2. The highest BCUT2D eigenvalue weighted by Crippen LogP contribution is 2.64. The Labute approximate surface area is 765 Å². The summed E-state index contributed by atoms with van der Waals surface area (Å²) in [6, 6.07) is 37.3. The molecule has 3 saturated heterocycles. The van der Waals surface area contributed by atoms with Gasteiger partial charge in [0, 0.05) is 79.2 Å². The fourth-order valence-corrected chi connectivity index (χ4v) is 31.5. The molecule has 3 heterocycles. The summed E-state index contributed by atoms with van der Waals surface area (Å²) in [5.41, 5.74) is -3.32. The third-order valence-electron chi connectivity index (χ3n) is 27.5. The molecule has 0 spiro atoms. The number of hydrogen-bond acceptors (Lipinski definition) is 20. The Morgan fingerprint density at radius 1 is 0.348 bits per heavy atom. The van der Waals surface area contributed by atoms with Crippen LogP contribution in [0.2, 0.25) is 0 Å². The zero-order valence-corrected chi connectivity index (χ0v) is 77.4. The summed E-state index contributed by atoms with van der Waals surface area (Å²) in [7, 11) is -14.6. The van der Waals surface area contributed by atoms with E-state index in [1.807, 2.05) is 30.3 Å². The van der Waals surface area contributed by atoms with E-state index >= 15 is 0 Å². The minimum atomic E-state index is -6.67. The third kappa shape index (κ3) is 23.9. The average molecular weight is 2000 g/mol. The summed E-state index contributed by atoms with van der Waals surface area (Å²) in [5, 5.41) is -9.13. The molecule has 0 radical (unpaired) electrons. The zero-order chi connectivity index (χ0) is 95.6. The van der Waals surface area contributed by atoms with Crippen LogP contribution in [0, 0.1) is 69.5 Å². The van der Waals surface area contributed by atoms with Gasteiger partial charge >= 0.3 is 52.2 Å². The summed E-state index contributed by atoms with van der Waals surface area (Å²) in [4.78, 5) is 41.3. The number of methoxy groups -OCH3 is 2. The van der Waals surface area contributed by atoms with Crippen LogP contribution in [-0.4, -0.2) is 192 Å². The van der Waals surface area contributed by atoms with Crippen molar-refractivity contribution in [3.05, 3.63) is 109 Å². The molecule has 2 unspecified atom stereocenters. The van der Waals surface area contributed by atoms with Gasteiger partial charge in [-0.25, -0.2) is 25.3 Å². The van der Waals surface area contributed by atoms with Gasteiger partial charge in [-0.3, -0.25) is 14.4 Å². The van der Waals surface area contributed by atoms with E-state index < -0.39 is 124 Å². The number of benzene rings is 6. The van der Waals surface area contributed by atoms with Crippen LogP contribution in [0.25, 0.3) is 32.3 Å². The van der Waals surface area contributed by atoms with Gasteiger partial charge in [0.25, 0.3) is 12.2 Å². The lowest BCUT2D eigenvalue weighted by Crippen LogP contribution is -2.56. The van der Waals surface area contributed by atoms with Crippen molar-refractivity contribution in [2.45, 2.75) is 215 Å². The Morgan fingerprint density at radius 2 is 0.598 bits per heavy atom. The number of hydrogen-bond donors (Lipinski definition) is 0. The molecule has 12 saturated carbocycles. The highest BCUT2D eigenvalue weighted by atomic mass is 32.2. The molecule has 2 atom stereocenters. The second kappa shape index (κ2) is 41.3. The number of rotatable bonds is 25. The normalized spacial score (nSPS) is 27.3. The lowest BCUT2D eigenvalue weighted by molar-refractivity contribution is -0.266. The molecule has 20 nitrogen and oxygen atoms in total. The number of carbonyl (C=O) groups is 3. The molecule has 0 N–H and O–H groups in total. The van der Waals surface area contributed by atoms with E-state index in [0.717, 1.165) is 80.1 Å². The standard InChI is InChI=1S/2C17H21O2S.C16H16F3OS.2C14H17F5O5S.C13H18F2O5S/c2*1-18-10-11-19-16-8-9-17(20-12-4-5-13-20)15-7-3-2-6-14(15)16;17-16(18,19)11-20-14-7-8-15(21-9-3-4-10-21)13-6-2-1-5-12(13)14;2*15-13(16,17)10(14(18,19)25(21,22)23)24-11(20)12-4-7-1-8(5-12)3-9(2-7)6-12;14-13(15,21(17,18)19)7-20-11(16)12-4-8-1-9(5-12)3-10(2-8)6-12/h2*2-3,6-9H,4-5,10-13H2,1H3;1-2,5-8H,3-4,9-11H2;2*7-10H,1-6H2,(H,21,22,23);8-10H,1-7H2,(H,17,18,19)/q3*+1;;;/p-3. The smallest absolute Gasteiger partial charge is 0.432 e. The van der Waals surface area contributed by atoms with Gasteiger partial charge < -0.3 is 51.6 Å². The second-order valence-corrected chi connectivity index (χ2v) is 48.3. The minimum Gasteiger partial charge on any atom is -0.743 e. The Balaban J connectivity index is 0.000000135. The number of halogens is 15. The Morgan fingerprint density at radius 3 is 0.833 bits per heavy atom. The molecule has 6 aromatic carbocycles. The first kappa shape index (κ1) is 103. The molecule has 732 valence electrons. The van der Waals surface area contributed by atoms with E-state index in [0.29, 0.717) is 91.0 Å². The van der Waals surface area contributed by atoms with Crippen LogP contribution < -0.4 is 14.2 Å². The molecule has 0 aromatic heterocycles. The molecule has 0 amide bonds. The molecule has 41 heteroatoms. The van der Waals surface area contributed by atoms with Crippen molar-refractivity contribution in [3.8, 4) is 17.2 Å². The number of alkyl halides is 15. The molecular formula is C91H107F15O20S6. The predicted molar refractivity (Wildman–Crippen MR) is 461 cm³/mol. The fourth-order valence-electron chi connectivity index (χ4n) is 23.0. The molecule has 15 aliphatic rings. The molecule has 132 heavy (non-hydrogen) atoms. The number of esters is 3. The van der Waals surface area contributed by atoms with Crippen LogP contribution in [0.3, 0.4) is 0 Å². The summed E-state index contributed by atoms with van der Waals surface area (Å²) in [6.45, 7) is -0.473. The Bertz CT molecular complexity index is 5070. The number of fused-ring (bicyclic) bond motifs is 3. The molecule has 12 aliphatic carbocycles. The zero-order valence-electron chi connectivity index (χ0n) is 72.5. The molecule has 15 fully saturated rings. The first-order valence-corrected chi connectivity index (χ1v) is 53.1. The van der Waals surface area contributed by atoms with Gasteiger partial charge in [-0.1, -0.05) is 54.6 Å². The van der Waals surface area contributed by atoms with Gasteiger partial charge in [-0.2, -0.15) is 65.9 Å². The highest BCUT2D eigenvalue weighted by molar-refractivity contribution is 7.98. The lowest BCUT2D eigenvalue weighted by atomic mass is 9.49. The van der Waals surface area contributed by atoms with Crippen molar-refractivity contribution < 1.29 is 157 Å². The van der Waals surface area contributed by atoms with Crippen LogP contribution in [-0.2, 0) is 101 Å². The largest absolute Gasteiger partial charge is 0.743 e. The van der Waals surface area contributed by atoms with Crippen molar-refractivity contribution in [3.63, 3.8) is 0 Å². The van der Waals surface area contributed by atoms with Gasteiger partial charge in [0.2, 0.25) is 0 Å². The van der Waals surface area contributed by atoms with Crippen LogP contribution in [0.4, 0.5) is 65.9 Å². The third-order valence-corrected chi connectivity index (χ3v) is 37.7. The van der Waals surface area contributed by atoms with E-state index in [4.69, 9.17) is 23.7 Å². The predicted octanol–water partition coefficient (Wildman–Crippen LogP) is 19.3. The van der Waals surface area contributed by atoms with Crippen LogP contribution in [0.1, 0.15) is 154 Å². The van der Waals surface area contributed by atoms with Crippen LogP contribution >= 0.6 is 0 Å². The molecular weight excluding hydrogens is 1890 g/mol. The highest BCUT2D eigenvalue weighted by Gasteiger charge is 2.68. The molecule has 6 aromatic rings. The second-order valence-electron chi connectivity index (χ2n) is 37.2. The first-order chi connectivity index (χ1) is 61.9. The van der Waals surface area contributed by atoms with Gasteiger partial charge in [0.15, 0.2) is 58.3 Å². The SMILES string of the molecule is COCCOc1ccc([S+]2CCCC2)c2ccccc12.COCCOc1ccc([S+]2CCCC2)c2ccccc12.FC(F)(F)COc1ccc([S+]2CCCC2)c2ccccc12.O=C(OC(C(F)(F)F)C(F)(F)S(=O)(=O)[O-])C12CC3CC(CC(C3)C1)C2.O=C(OC(C(F)(F)F)C(F)(F)S(=O)(=O)[O-])C12CC3CC(CC(C3)C1)C2.O=C(OCC(F)(F)S(=O)(=O)[O-])C12CC3CC(CC(C3)C1)C2. The van der Waals surface area contributed by atoms with Crippen molar-refractivity contribution in [1.82, 2.24) is 0 Å². The average Bonchev–Trinajstić information content (AvgIpc) is 0.962. The van der Waals surface area contributed by atoms with Gasteiger partial charge in [0.05, 0.1) is 29.5 Å². The van der Waals surface area contributed by atoms with E-state index in [-0.39, 0.29) is 84.9 Å². The quantitative estimate of drug-likeness (QED) is 0.0128. The van der Waals surface area contributed by atoms with Crippen molar-refractivity contribution >= 4 is 113 Å². The maximum atomic E-state index is 13.5. The van der Waals surface area contributed by atoms with Crippen LogP contribution in [0.5, 0.6) is 17.2 Å². The Hall–Kier alpha value is -6.44. The molecule has 3 aliphatic heterocycles. The van der Waals surface area contributed by atoms with Crippen molar-refractivity contribution in [2.24, 2.45) is 69.5 Å². The van der Waals surface area contributed by atoms with Crippen molar-refractivity contribution in [1.29, 1.82) is 0 Å². The maximum absolute atomic E-state index is 13.5. The van der Waals surface area contributed by atoms with Crippen molar-refractivity contribution in [2.75, 3.05) is 88.4 Å². The monoisotopic (exact) mass is 2000 g/mol. The van der Waals surface area contributed by atoms with Gasteiger partial charge in [-0.05, 0) is 262 Å². The Kier molecular flexibility index (Phi) is 32.2. The summed E-state index contributed by atoms with van der Waals surface area (Å²) in [6.07, 6.45) is -4.99.